The van der Waals surface area contributed by atoms with E-state index in [2.05, 4.69) is 21.3 Å². The number of esters is 1. The Balaban J connectivity index is 1.38. The third kappa shape index (κ3) is 4.81. The summed E-state index contributed by atoms with van der Waals surface area (Å²) in [6.45, 7) is 2.02. The number of pyridine rings is 1. The van der Waals surface area contributed by atoms with E-state index in [0.29, 0.717) is 18.9 Å². The largest absolute Gasteiger partial charge is 0.469 e. The van der Waals surface area contributed by atoms with Gasteiger partial charge in [0.25, 0.3) is 0 Å². The van der Waals surface area contributed by atoms with E-state index in [1.165, 1.54) is 19.1 Å². The molecule has 1 aromatic heterocycles. The van der Waals surface area contributed by atoms with Crippen LogP contribution in [0.5, 0.6) is 0 Å². The van der Waals surface area contributed by atoms with Crippen molar-refractivity contribution in [2.24, 2.45) is 5.92 Å². The van der Waals surface area contributed by atoms with Crippen LogP contribution < -0.4 is 5.32 Å². The summed E-state index contributed by atoms with van der Waals surface area (Å²) in [6.07, 6.45) is 9.88. The van der Waals surface area contributed by atoms with Gasteiger partial charge in [0, 0.05) is 30.9 Å². The molecule has 2 heterocycles. The van der Waals surface area contributed by atoms with Crippen molar-refractivity contribution in [3.8, 4) is 0 Å². The van der Waals surface area contributed by atoms with Gasteiger partial charge in [0.2, 0.25) is 5.91 Å². The number of methoxy groups -OCH3 is 1. The highest BCUT2D eigenvalue weighted by molar-refractivity contribution is 5.77. The summed E-state index contributed by atoms with van der Waals surface area (Å²) in [5.74, 6) is -0.120. The van der Waals surface area contributed by atoms with Gasteiger partial charge in [-0.05, 0) is 63.2 Å². The number of ether oxygens (including phenoxy) is 1. The lowest BCUT2D eigenvalue weighted by Crippen LogP contribution is -2.34. The number of aromatic nitrogens is 1. The van der Waals surface area contributed by atoms with E-state index in [4.69, 9.17) is 4.74 Å². The van der Waals surface area contributed by atoms with Crippen molar-refractivity contribution >= 4 is 11.9 Å². The molecule has 0 unspecified atom stereocenters. The Morgan fingerprint density at radius 2 is 2.23 bits per heavy atom. The van der Waals surface area contributed by atoms with E-state index in [1.807, 2.05) is 12.3 Å². The quantitative estimate of drug-likeness (QED) is 0.757. The predicted octanol–water partition coefficient (Wildman–Crippen LogP) is 2.46. The minimum Gasteiger partial charge on any atom is -0.469 e. The lowest BCUT2D eigenvalue weighted by atomic mass is 10.1. The normalized spacial score (nSPS) is 26.0. The van der Waals surface area contributed by atoms with Gasteiger partial charge in [0.05, 0.1) is 13.0 Å². The molecule has 0 bridgehead atoms. The van der Waals surface area contributed by atoms with Crippen LogP contribution in [0.15, 0.2) is 24.5 Å². The van der Waals surface area contributed by atoms with Gasteiger partial charge < -0.3 is 10.1 Å². The van der Waals surface area contributed by atoms with Crippen LogP contribution in [0.25, 0.3) is 0 Å². The van der Waals surface area contributed by atoms with Crippen molar-refractivity contribution in [2.45, 2.75) is 57.0 Å². The fourth-order valence-corrected chi connectivity index (χ4v) is 4.28. The lowest BCUT2D eigenvalue weighted by Gasteiger charge is -2.24. The van der Waals surface area contributed by atoms with Crippen LogP contribution >= 0.6 is 0 Å². The summed E-state index contributed by atoms with van der Waals surface area (Å²) < 4.78 is 4.79. The van der Waals surface area contributed by atoms with Crippen molar-refractivity contribution < 1.29 is 14.3 Å². The van der Waals surface area contributed by atoms with Crippen LogP contribution in [0.3, 0.4) is 0 Å². The minimum absolute atomic E-state index is 0.0601. The van der Waals surface area contributed by atoms with Crippen LogP contribution in [-0.2, 0) is 14.3 Å². The van der Waals surface area contributed by atoms with Gasteiger partial charge in [0.15, 0.2) is 0 Å². The Labute approximate surface area is 155 Å². The average molecular weight is 359 g/mol. The SMILES string of the molecule is COC(=O)[C@@H]1CC[C@H](NC(=O)CCCN2CCC[C@H]2c2cccnc2)C1. The molecule has 0 aromatic carbocycles. The Bertz CT molecular complexity index is 608. The molecule has 1 N–H and O–H groups in total. The van der Waals surface area contributed by atoms with Gasteiger partial charge >= 0.3 is 5.97 Å². The number of nitrogens with zero attached hydrogens (tertiary/aromatic N) is 2. The Morgan fingerprint density at radius 3 is 3.00 bits per heavy atom. The molecule has 26 heavy (non-hydrogen) atoms. The molecule has 1 aliphatic carbocycles. The fourth-order valence-electron chi connectivity index (χ4n) is 4.28. The average Bonchev–Trinajstić information content (AvgIpc) is 3.31. The summed E-state index contributed by atoms with van der Waals surface area (Å²) in [4.78, 5) is 30.5. The lowest BCUT2D eigenvalue weighted by molar-refractivity contribution is -0.145. The number of rotatable bonds is 7. The summed E-state index contributed by atoms with van der Waals surface area (Å²) in [6, 6.07) is 4.67. The van der Waals surface area contributed by atoms with Crippen LogP contribution in [0, 0.1) is 5.92 Å². The van der Waals surface area contributed by atoms with Crippen LogP contribution in [0.2, 0.25) is 0 Å². The van der Waals surface area contributed by atoms with E-state index in [-0.39, 0.29) is 23.8 Å². The number of nitrogens with one attached hydrogen (secondary N) is 1. The summed E-state index contributed by atoms with van der Waals surface area (Å²) in [5.41, 5.74) is 1.27. The first-order valence-electron chi connectivity index (χ1n) is 9.68. The highest BCUT2D eigenvalue weighted by atomic mass is 16.5. The van der Waals surface area contributed by atoms with Crippen molar-refractivity contribution in [1.29, 1.82) is 0 Å². The van der Waals surface area contributed by atoms with E-state index in [1.54, 1.807) is 6.20 Å². The molecule has 2 aliphatic rings. The third-order valence-electron chi connectivity index (χ3n) is 5.61. The molecule has 6 nitrogen and oxygen atoms in total. The molecule has 1 amide bonds. The zero-order valence-corrected chi connectivity index (χ0v) is 15.5. The second kappa shape index (κ2) is 9.12. The number of carbonyl (C=O) groups is 2. The highest BCUT2D eigenvalue weighted by Crippen LogP contribution is 2.31. The smallest absolute Gasteiger partial charge is 0.308 e. The first-order valence-corrected chi connectivity index (χ1v) is 9.68. The van der Waals surface area contributed by atoms with Crippen molar-refractivity contribution in [3.63, 3.8) is 0 Å². The molecule has 1 aliphatic heterocycles. The molecule has 0 radical (unpaired) electrons. The van der Waals surface area contributed by atoms with Crippen molar-refractivity contribution in [3.05, 3.63) is 30.1 Å². The molecule has 3 rings (SSSR count). The topological polar surface area (TPSA) is 71.5 Å². The van der Waals surface area contributed by atoms with Crippen molar-refractivity contribution in [2.75, 3.05) is 20.2 Å². The van der Waals surface area contributed by atoms with Gasteiger partial charge in [0.1, 0.15) is 0 Å². The first-order chi connectivity index (χ1) is 12.7. The van der Waals surface area contributed by atoms with E-state index < -0.39 is 0 Å². The molecule has 1 saturated heterocycles. The zero-order valence-electron chi connectivity index (χ0n) is 15.5. The number of likely N-dealkylation sites (tertiary alicyclic amines) is 1. The zero-order chi connectivity index (χ0) is 18.4. The number of hydrogen-bond acceptors (Lipinski definition) is 5. The first kappa shape index (κ1) is 18.8. The van der Waals surface area contributed by atoms with Crippen LogP contribution in [-0.4, -0.2) is 48.0 Å². The molecule has 2 fully saturated rings. The second-order valence-electron chi connectivity index (χ2n) is 7.38. The van der Waals surface area contributed by atoms with Crippen LogP contribution in [0.4, 0.5) is 0 Å². The maximum atomic E-state index is 12.2. The minimum atomic E-state index is -0.155. The molecule has 6 heteroatoms. The van der Waals surface area contributed by atoms with E-state index in [9.17, 15) is 9.59 Å². The maximum absolute atomic E-state index is 12.2. The predicted molar refractivity (Wildman–Crippen MR) is 98.3 cm³/mol. The van der Waals surface area contributed by atoms with Crippen molar-refractivity contribution in [1.82, 2.24) is 15.2 Å². The fraction of sp³-hybridized carbons (Fsp3) is 0.650. The van der Waals surface area contributed by atoms with E-state index >= 15 is 0 Å². The molecule has 0 spiro atoms. The molecule has 1 saturated carbocycles. The summed E-state index contributed by atoms with van der Waals surface area (Å²) in [7, 11) is 1.42. The van der Waals surface area contributed by atoms with Gasteiger partial charge in [-0.15, -0.1) is 0 Å². The second-order valence-corrected chi connectivity index (χ2v) is 7.38. The Hall–Kier alpha value is -1.95. The standard InChI is InChI=1S/C20H29N3O3/c1-26-20(25)15-8-9-17(13-15)22-19(24)7-4-12-23-11-3-6-18(23)16-5-2-10-21-14-16/h2,5,10,14-15,17-18H,3-4,6-9,11-13H2,1H3,(H,22,24)/t15-,17+,18+/m1/s1. The number of hydrogen-bond donors (Lipinski definition) is 1. The molecular weight excluding hydrogens is 330 g/mol. The van der Waals surface area contributed by atoms with Gasteiger partial charge in [-0.2, -0.15) is 0 Å². The third-order valence-corrected chi connectivity index (χ3v) is 5.61. The monoisotopic (exact) mass is 359 g/mol. The molecule has 142 valence electrons. The Kier molecular flexibility index (Phi) is 6.61. The Morgan fingerprint density at radius 1 is 1.35 bits per heavy atom. The van der Waals surface area contributed by atoms with Gasteiger partial charge in [-0.25, -0.2) is 0 Å². The highest BCUT2D eigenvalue weighted by Gasteiger charge is 2.31. The maximum Gasteiger partial charge on any atom is 0.308 e. The molecular formula is C20H29N3O3. The van der Waals surface area contributed by atoms with E-state index in [0.717, 1.165) is 38.8 Å². The van der Waals surface area contributed by atoms with Crippen LogP contribution in [0.1, 0.15) is 56.6 Å². The van der Waals surface area contributed by atoms with Gasteiger partial charge in [-0.1, -0.05) is 6.07 Å². The van der Waals surface area contributed by atoms with Gasteiger partial charge in [-0.3, -0.25) is 19.5 Å². The summed E-state index contributed by atoms with van der Waals surface area (Å²) in [5, 5.41) is 3.08. The molecule has 1 aromatic rings. The number of carbonyl (C=O) groups excluding carboxylic acids is 2. The summed E-state index contributed by atoms with van der Waals surface area (Å²) >= 11 is 0. The number of amides is 1. The molecule has 3 atom stereocenters.